The van der Waals surface area contributed by atoms with Crippen LogP contribution < -0.4 is 4.90 Å². The van der Waals surface area contributed by atoms with Crippen molar-refractivity contribution in [3.05, 3.63) is 45.4 Å². The summed E-state index contributed by atoms with van der Waals surface area (Å²) in [5.41, 5.74) is 0.411. The number of anilines is 1. The quantitative estimate of drug-likeness (QED) is 0.843. The fraction of sp³-hybridized carbons (Fsp3) is 0.0909. The lowest BCUT2D eigenvalue weighted by atomic mass is 10.2. The zero-order valence-corrected chi connectivity index (χ0v) is 11.2. The van der Waals surface area contributed by atoms with E-state index in [0.717, 1.165) is 0 Å². The van der Waals surface area contributed by atoms with E-state index in [1.165, 1.54) is 16.2 Å². The van der Waals surface area contributed by atoms with Crippen molar-refractivity contribution in [2.75, 3.05) is 11.9 Å². The van der Waals surface area contributed by atoms with Crippen LogP contribution >= 0.6 is 34.5 Å². The van der Waals surface area contributed by atoms with Crippen molar-refractivity contribution in [1.29, 1.82) is 0 Å². The molecule has 0 N–H and O–H groups in total. The fourth-order valence-corrected chi connectivity index (χ4v) is 2.41. The van der Waals surface area contributed by atoms with Gasteiger partial charge in [0.1, 0.15) is 0 Å². The summed E-state index contributed by atoms with van der Waals surface area (Å²) in [5.74, 6) is -0.207. The molecule has 2 rings (SSSR count). The van der Waals surface area contributed by atoms with Crippen molar-refractivity contribution in [3.63, 3.8) is 0 Å². The van der Waals surface area contributed by atoms with Crippen LogP contribution in [0.2, 0.25) is 10.0 Å². The molecule has 17 heavy (non-hydrogen) atoms. The van der Waals surface area contributed by atoms with Gasteiger partial charge in [-0.25, -0.2) is 4.98 Å². The number of amides is 1. The lowest BCUT2D eigenvalue weighted by Crippen LogP contribution is -2.26. The van der Waals surface area contributed by atoms with Crippen LogP contribution in [0.1, 0.15) is 10.4 Å². The molecule has 1 heterocycles. The van der Waals surface area contributed by atoms with Crippen LogP contribution in [0.3, 0.4) is 0 Å². The van der Waals surface area contributed by atoms with Crippen molar-refractivity contribution in [2.24, 2.45) is 0 Å². The van der Waals surface area contributed by atoms with Gasteiger partial charge in [-0.1, -0.05) is 23.2 Å². The van der Waals surface area contributed by atoms with E-state index in [4.69, 9.17) is 23.2 Å². The predicted octanol–water partition coefficient (Wildman–Crippen LogP) is 3.73. The zero-order chi connectivity index (χ0) is 12.4. The summed E-state index contributed by atoms with van der Waals surface area (Å²) in [6, 6.07) is 4.79. The van der Waals surface area contributed by atoms with Crippen LogP contribution in [0.15, 0.2) is 29.8 Å². The van der Waals surface area contributed by atoms with Gasteiger partial charge >= 0.3 is 0 Å². The molecule has 0 spiro atoms. The second-order valence-corrected chi connectivity index (χ2v) is 5.02. The smallest absolute Gasteiger partial charge is 0.261 e. The highest BCUT2D eigenvalue weighted by Gasteiger charge is 2.18. The average Bonchev–Trinajstić information content (AvgIpc) is 2.80. The molecule has 3 nitrogen and oxygen atoms in total. The second kappa shape index (κ2) is 5.04. The number of hydrogen-bond donors (Lipinski definition) is 0. The lowest BCUT2D eigenvalue weighted by Gasteiger charge is -2.14. The van der Waals surface area contributed by atoms with Crippen molar-refractivity contribution >= 4 is 45.6 Å². The summed E-state index contributed by atoms with van der Waals surface area (Å²) in [6.45, 7) is 0. The molecule has 6 heteroatoms. The third-order valence-electron chi connectivity index (χ3n) is 2.17. The first-order valence-electron chi connectivity index (χ1n) is 4.72. The Balaban J connectivity index is 2.31. The van der Waals surface area contributed by atoms with E-state index in [2.05, 4.69) is 4.98 Å². The van der Waals surface area contributed by atoms with Crippen LogP contribution in [-0.2, 0) is 0 Å². The first-order valence-corrected chi connectivity index (χ1v) is 6.36. The van der Waals surface area contributed by atoms with E-state index in [1.807, 2.05) is 5.38 Å². The van der Waals surface area contributed by atoms with Gasteiger partial charge < -0.3 is 0 Å². The van der Waals surface area contributed by atoms with Gasteiger partial charge in [0, 0.05) is 23.6 Å². The minimum absolute atomic E-state index is 0.207. The van der Waals surface area contributed by atoms with Crippen LogP contribution in [0.4, 0.5) is 5.13 Å². The maximum absolute atomic E-state index is 12.1. The molecule has 1 amide bonds. The highest BCUT2D eigenvalue weighted by molar-refractivity contribution is 7.13. The second-order valence-electron chi connectivity index (χ2n) is 3.30. The van der Waals surface area contributed by atoms with E-state index in [-0.39, 0.29) is 5.91 Å². The highest BCUT2D eigenvalue weighted by Crippen LogP contribution is 2.24. The molecule has 0 aliphatic rings. The maximum atomic E-state index is 12.1. The zero-order valence-electron chi connectivity index (χ0n) is 8.85. The molecule has 0 aliphatic heterocycles. The maximum Gasteiger partial charge on any atom is 0.261 e. The number of thiazole rings is 1. The van der Waals surface area contributed by atoms with Crippen LogP contribution in [0.5, 0.6) is 0 Å². The Morgan fingerprint density at radius 3 is 2.76 bits per heavy atom. The minimum atomic E-state index is -0.207. The molecule has 0 bridgehead atoms. The predicted molar refractivity (Wildman–Crippen MR) is 71.3 cm³/mol. The van der Waals surface area contributed by atoms with Gasteiger partial charge in [-0.05, 0) is 18.2 Å². The van der Waals surface area contributed by atoms with Gasteiger partial charge in [0.15, 0.2) is 5.13 Å². The Morgan fingerprint density at radius 1 is 1.41 bits per heavy atom. The number of carbonyl (C=O) groups excluding carboxylic acids is 1. The largest absolute Gasteiger partial charge is 0.287 e. The number of carbonyl (C=O) groups is 1. The summed E-state index contributed by atoms with van der Waals surface area (Å²) in [5, 5.41) is 3.28. The van der Waals surface area contributed by atoms with E-state index < -0.39 is 0 Å². The van der Waals surface area contributed by atoms with Gasteiger partial charge in [0.05, 0.1) is 10.6 Å². The number of aromatic nitrogens is 1. The summed E-state index contributed by atoms with van der Waals surface area (Å²) in [7, 11) is 1.66. The van der Waals surface area contributed by atoms with Gasteiger partial charge in [-0.15, -0.1) is 11.3 Å². The number of rotatable bonds is 2. The van der Waals surface area contributed by atoms with Crippen molar-refractivity contribution in [3.8, 4) is 0 Å². The summed E-state index contributed by atoms with van der Waals surface area (Å²) >= 11 is 13.1. The molecule has 0 radical (unpaired) electrons. The molecule has 0 atom stereocenters. The van der Waals surface area contributed by atoms with Crippen LogP contribution in [-0.4, -0.2) is 17.9 Å². The highest BCUT2D eigenvalue weighted by atomic mass is 35.5. The van der Waals surface area contributed by atoms with E-state index in [9.17, 15) is 4.79 Å². The summed E-state index contributed by atoms with van der Waals surface area (Å²) < 4.78 is 0. The van der Waals surface area contributed by atoms with E-state index in [1.54, 1.807) is 31.4 Å². The standard InChI is InChI=1S/C11H8Cl2N2OS/c1-15(11-14-4-5-17-11)10(16)8-3-2-7(12)6-9(8)13/h2-6H,1H3. The molecular formula is C11H8Cl2N2OS. The van der Waals surface area contributed by atoms with Crippen LogP contribution in [0, 0.1) is 0 Å². The minimum Gasteiger partial charge on any atom is -0.287 e. The number of hydrogen-bond acceptors (Lipinski definition) is 3. The number of nitrogens with zero attached hydrogens (tertiary/aromatic N) is 2. The molecule has 0 fully saturated rings. The average molecular weight is 287 g/mol. The first-order chi connectivity index (χ1) is 8.09. The Morgan fingerprint density at radius 2 is 2.18 bits per heavy atom. The molecule has 0 saturated carbocycles. The molecule has 0 unspecified atom stereocenters. The molecule has 88 valence electrons. The normalized spacial score (nSPS) is 10.3. The summed E-state index contributed by atoms with van der Waals surface area (Å²) in [4.78, 5) is 17.7. The van der Waals surface area contributed by atoms with Crippen molar-refractivity contribution in [1.82, 2.24) is 4.98 Å². The molecule has 0 saturated heterocycles. The Labute approximate surface area is 113 Å². The monoisotopic (exact) mass is 286 g/mol. The first kappa shape index (κ1) is 12.4. The van der Waals surface area contributed by atoms with Gasteiger partial charge in [0.2, 0.25) is 0 Å². The molecule has 1 aromatic carbocycles. The van der Waals surface area contributed by atoms with Gasteiger partial charge in [0.25, 0.3) is 5.91 Å². The summed E-state index contributed by atoms with van der Waals surface area (Å²) in [6.07, 6.45) is 1.65. The van der Waals surface area contributed by atoms with Crippen LogP contribution in [0.25, 0.3) is 0 Å². The Kier molecular flexibility index (Phi) is 3.66. The fourth-order valence-electron chi connectivity index (χ4n) is 1.31. The van der Waals surface area contributed by atoms with E-state index >= 15 is 0 Å². The Bertz CT molecular complexity index is 542. The third kappa shape index (κ3) is 2.60. The topological polar surface area (TPSA) is 33.2 Å². The van der Waals surface area contributed by atoms with Crippen molar-refractivity contribution < 1.29 is 4.79 Å². The lowest BCUT2D eigenvalue weighted by molar-refractivity contribution is 0.0993. The third-order valence-corrected chi connectivity index (χ3v) is 3.57. The van der Waals surface area contributed by atoms with Gasteiger partial charge in [-0.3, -0.25) is 9.69 Å². The molecule has 2 aromatic rings. The number of benzene rings is 1. The molecular weight excluding hydrogens is 279 g/mol. The van der Waals surface area contributed by atoms with Gasteiger partial charge in [-0.2, -0.15) is 0 Å². The Hall–Kier alpha value is -1.10. The van der Waals surface area contributed by atoms with E-state index in [0.29, 0.717) is 20.7 Å². The number of halogens is 2. The van der Waals surface area contributed by atoms with Crippen molar-refractivity contribution in [2.45, 2.75) is 0 Å². The molecule has 0 aliphatic carbocycles. The SMILES string of the molecule is CN(C(=O)c1ccc(Cl)cc1Cl)c1nccs1. The molecule has 1 aromatic heterocycles.